The zero-order chi connectivity index (χ0) is 34.9. The van der Waals surface area contributed by atoms with Crippen molar-refractivity contribution >= 4 is 0 Å². The highest BCUT2D eigenvalue weighted by atomic mass is 14.9. The fraction of sp³-hybridized carbons (Fsp3) is 0.755. The van der Waals surface area contributed by atoms with Crippen molar-refractivity contribution in [1.82, 2.24) is 15.0 Å². The Bertz CT molecular complexity index is 1590. The summed E-state index contributed by atoms with van der Waals surface area (Å²) in [5, 5.41) is 0. The van der Waals surface area contributed by atoms with Crippen LogP contribution in [0.5, 0.6) is 0 Å². The first-order valence-electron chi connectivity index (χ1n) is 23.5. The van der Waals surface area contributed by atoms with Gasteiger partial charge in [-0.3, -0.25) is 0 Å². The van der Waals surface area contributed by atoms with Crippen molar-refractivity contribution in [2.45, 2.75) is 235 Å². The molecule has 52 heavy (non-hydrogen) atoms. The quantitative estimate of drug-likeness (QED) is 0.209. The van der Waals surface area contributed by atoms with E-state index in [9.17, 15) is 0 Å². The van der Waals surface area contributed by atoms with Gasteiger partial charge >= 0.3 is 0 Å². The number of H-pyrrole nitrogens is 3. The van der Waals surface area contributed by atoms with Crippen LogP contribution in [0.1, 0.15) is 267 Å². The second kappa shape index (κ2) is 16.3. The first-order valence-corrected chi connectivity index (χ1v) is 23.5. The van der Waals surface area contributed by atoms with E-state index in [0.717, 1.165) is 23.7 Å². The maximum Gasteiger partial charge on any atom is 0.0666 e. The number of aryl methyl sites for hydroxylation is 1. The summed E-state index contributed by atoms with van der Waals surface area (Å²) in [7, 11) is 0. The first kappa shape index (κ1) is 35.5. The number of aromatic nitrogens is 3. The van der Waals surface area contributed by atoms with Crippen LogP contribution in [0.4, 0.5) is 0 Å². The molecule has 6 saturated carbocycles. The van der Waals surface area contributed by atoms with Crippen LogP contribution in [0, 0.1) is 6.92 Å². The molecule has 3 N–H and O–H groups in total. The molecule has 0 atom stereocenters. The third-order valence-corrected chi connectivity index (χ3v) is 15.9. The third kappa shape index (κ3) is 6.96. The first-order chi connectivity index (χ1) is 25.8. The standard InChI is InChI=1S/C49H73N3/c1-33-41(35-22-10-3-11-23-35)43(37-26-14-5-15-27-37)48(51-33)49-45(39-30-18-7-19-31-39)44(38-28-16-6-17-29-38)47(52-49)46-42(36-24-12-4-13-25-36)40(32-50-46)34-20-8-2-9-21-34/h32,34-39,50-52H,2-31H2,1H3. The molecule has 0 unspecified atom stereocenters. The topological polar surface area (TPSA) is 47.4 Å². The van der Waals surface area contributed by atoms with Crippen molar-refractivity contribution in [2.75, 3.05) is 0 Å². The van der Waals surface area contributed by atoms with Crippen LogP contribution in [0.2, 0.25) is 0 Å². The Morgan fingerprint density at radius 2 is 0.635 bits per heavy atom. The minimum absolute atomic E-state index is 0.692. The lowest BCUT2D eigenvalue weighted by Crippen LogP contribution is -2.14. The molecule has 0 aromatic carbocycles. The fourth-order valence-corrected chi connectivity index (χ4v) is 13.4. The van der Waals surface area contributed by atoms with Gasteiger partial charge in [0.25, 0.3) is 0 Å². The highest BCUT2D eigenvalue weighted by molar-refractivity contribution is 5.79. The van der Waals surface area contributed by atoms with Gasteiger partial charge in [-0.1, -0.05) is 116 Å². The SMILES string of the molecule is Cc1[nH]c(-c2[nH]c(-c3[nH]cc(C4CCCCC4)c3C3CCCCC3)c(C3CCCCC3)c2C2CCCCC2)c(C2CCCCC2)c1C1CCCCC1. The molecule has 6 aliphatic rings. The van der Waals surface area contributed by atoms with Crippen molar-refractivity contribution in [1.29, 1.82) is 0 Å². The smallest absolute Gasteiger partial charge is 0.0666 e. The van der Waals surface area contributed by atoms with Gasteiger partial charge in [0.1, 0.15) is 0 Å². The van der Waals surface area contributed by atoms with Gasteiger partial charge in [0.05, 0.1) is 22.8 Å². The van der Waals surface area contributed by atoms with Gasteiger partial charge in [-0.15, -0.1) is 0 Å². The molecule has 6 fully saturated rings. The Balaban J connectivity index is 1.28. The van der Waals surface area contributed by atoms with E-state index >= 15 is 0 Å². The molecule has 0 aliphatic heterocycles. The summed E-state index contributed by atoms with van der Waals surface area (Å²) in [5.41, 5.74) is 18.3. The van der Waals surface area contributed by atoms with Gasteiger partial charge in [-0.2, -0.15) is 0 Å². The Kier molecular flexibility index (Phi) is 11.1. The summed E-state index contributed by atoms with van der Waals surface area (Å²) in [6, 6.07) is 0. The molecule has 3 heterocycles. The van der Waals surface area contributed by atoms with Crippen LogP contribution in [0.25, 0.3) is 22.8 Å². The number of hydrogen-bond donors (Lipinski definition) is 3. The molecule has 284 valence electrons. The number of rotatable bonds is 8. The molecule has 9 rings (SSSR count). The highest BCUT2D eigenvalue weighted by Gasteiger charge is 2.38. The minimum Gasteiger partial charge on any atom is -0.359 e. The van der Waals surface area contributed by atoms with Gasteiger partial charge in [-0.25, -0.2) is 0 Å². The fourth-order valence-electron chi connectivity index (χ4n) is 13.4. The Hall–Kier alpha value is -2.16. The molecule has 0 radical (unpaired) electrons. The third-order valence-electron chi connectivity index (χ3n) is 15.9. The zero-order valence-corrected chi connectivity index (χ0v) is 33.3. The summed E-state index contributed by atoms with van der Waals surface area (Å²) >= 11 is 0. The van der Waals surface area contributed by atoms with Crippen LogP contribution < -0.4 is 0 Å². The summed E-state index contributed by atoms with van der Waals surface area (Å²) in [6.07, 6.45) is 44.7. The average Bonchev–Trinajstić information content (AvgIpc) is 3.93. The minimum atomic E-state index is 0.692. The van der Waals surface area contributed by atoms with E-state index in [0.29, 0.717) is 11.8 Å². The van der Waals surface area contributed by atoms with Gasteiger partial charge in [-0.05, 0) is 153 Å². The predicted octanol–water partition coefficient (Wildman–Crippen LogP) is 15.6. The van der Waals surface area contributed by atoms with E-state index in [-0.39, 0.29) is 0 Å². The molecular weight excluding hydrogens is 631 g/mol. The second-order valence-electron chi connectivity index (χ2n) is 19.2. The Morgan fingerprint density at radius 3 is 1.06 bits per heavy atom. The van der Waals surface area contributed by atoms with Crippen LogP contribution in [-0.2, 0) is 0 Å². The van der Waals surface area contributed by atoms with E-state index in [2.05, 4.69) is 28.1 Å². The molecule has 3 heteroatoms. The van der Waals surface area contributed by atoms with E-state index in [1.54, 1.807) is 50.5 Å². The lowest BCUT2D eigenvalue weighted by molar-refractivity contribution is 0.418. The lowest BCUT2D eigenvalue weighted by Gasteiger charge is -2.31. The highest BCUT2D eigenvalue weighted by Crippen LogP contribution is 2.54. The van der Waals surface area contributed by atoms with Crippen LogP contribution in [-0.4, -0.2) is 15.0 Å². The maximum atomic E-state index is 4.53. The van der Waals surface area contributed by atoms with Crippen LogP contribution in [0.3, 0.4) is 0 Å². The molecule has 6 aliphatic carbocycles. The Morgan fingerprint density at radius 1 is 0.327 bits per heavy atom. The molecular formula is C49H73N3. The van der Waals surface area contributed by atoms with Gasteiger partial charge in [0.15, 0.2) is 0 Å². The van der Waals surface area contributed by atoms with E-state index < -0.39 is 0 Å². The maximum absolute atomic E-state index is 4.53. The summed E-state index contributed by atoms with van der Waals surface area (Å²) in [6.45, 7) is 2.47. The normalized spacial score (nSPS) is 24.6. The zero-order valence-electron chi connectivity index (χ0n) is 33.3. The van der Waals surface area contributed by atoms with Crippen LogP contribution in [0.15, 0.2) is 6.20 Å². The van der Waals surface area contributed by atoms with Crippen molar-refractivity contribution < 1.29 is 0 Å². The van der Waals surface area contributed by atoms with Gasteiger partial charge in [0, 0.05) is 11.9 Å². The Labute approximate surface area is 317 Å². The van der Waals surface area contributed by atoms with E-state index in [4.69, 9.17) is 0 Å². The number of nitrogens with one attached hydrogen (secondary N) is 3. The van der Waals surface area contributed by atoms with Gasteiger partial charge in [0.2, 0.25) is 0 Å². The van der Waals surface area contributed by atoms with Crippen molar-refractivity contribution in [3.8, 4) is 22.8 Å². The summed E-state index contributed by atoms with van der Waals surface area (Å²) in [4.78, 5) is 13.0. The molecule has 3 aromatic heterocycles. The molecule has 0 bridgehead atoms. The largest absolute Gasteiger partial charge is 0.359 e. The van der Waals surface area contributed by atoms with E-state index in [1.165, 1.54) is 204 Å². The van der Waals surface area contributed by atoms with E-state index in [1.807, 2.05) is 0 Å². The molecule has 0 saturated heterocycles. The second-order valence-corrected chi connectivity index (χ2v) is 19.2. The number of aromatic amines is 3. The van der Waals surface area contributed by atoms with Crippen molar-refractivity contribution in [2.24, 2.45) is 0 Å². The summed E-state index contributed by atoms with van der Waals surface area (Å²) < 4.78 is 0. The van der Waals surface area contributed by atoms with Crippen molar-refractivity contribution in [3.63, 3.8) is 0 Å². The van der Waals surface area contributed by atoms with Crippen molar-refractivity contribution in [3.05, 3.63) is 45.3 Å². The summed E-state index contributed by atoms with van der Waals surface area (Å²) in [5.74, 6) is 4.33. The molecule has 3 aromatic rings. The van der Waals surface area contributed by atoms with Gasteiger partial charge < -0.3 is 15.0 Å². The molecule has 0 spiro atoms. The molecule has 3 nitrogen and oxygen atoms in total. The lowest BCUT2D eigenvalue weighted by atomic mass is 9.73. The predicted molar refractivity (Wildman–Crippen MR) is 220 cm³/mol. The molecule has 0 amide bonds. The number of hydrogen-bond acceptors (Lipinski definition) is 0. The average molecular weight is 704 g/mol. The van der Waals surface area contributed by atoms with Crippen LogP contribution >= 0.6 is 0 Å². The monoisotopic (exact) mass is 704 g/mol.